The van der Waals surface area contributed by atoms with Crippen LogP contribution in [0.25, 0.3) is 0 Å². The van der Waals surface area contributed by atoms with Crippen LogP contribution in [0.5, 0.6) is 11.6 Å². The molecule has 0 bridgehead atoms. The second-order valence-corrected chi connectivity index (χ2v) is 4.31. The molecule has 1 aromatic carbocycles. The van der Waals surface area contributed by atoms with Crippen molar-refractivity contribution in [3.63, 3.8) is 0 Å². The van der Waals surface area contributed by atoms with Gasteiger partial charge in [-0.15, -0.1) is 0 Å². The first-order valence-corrected chi connectivity index (χ1v) is 6.14. The number of aryl methyl sites for hydroxylation is 1. The van der Waals surface area contributed by atoms with Gasteiger partial charge < -0.3 is 9.84 Å². The highest BCUT2D eigenvalue weighted by Gasteiger charge is 2.09. The minimum Gasteiger partial charge on any atom is -0.478 e. The number of pyridine rings is 1. The summed E-state index contributed by atoms with van der Waals surface area (Å²) in [4.78, 5) is 14.8. The monoisotopic (exact) mass is 277 g/mol. The molecule has 0 saturated carbocycles. The van der Waals surface area contributed by atoms with Crippen molar-refractivity contribution in [2.75, 3.05) is 0 Å². The summed E-state index contributed by atoms with van der Waals surface area (Å²) in [6, 6.07) is 10.1. The summed E-state index contributed by atoms with van der Waals surface area (Å²) >= 11 is 5.75. The van der Waals surface area contributed by atoms with Crippen LogP contribution in [0.15, 0.2) is 36.4 Å². The van der Waals surface area contributed by atoms with E-state index < -0.39 is 5.97 Å². The van der Waals surface area contributed by atoms with Gasteiger partial charge >= 0.3 is 5.97 Å². The number of aromatic carboxylic acids is 1. The molecule has 0 aliphatic heterocycles. The van der Waals surface area contributed by atoms with Crippen LogP contribution in [-0.4, -0.2) is 16.1 Å². The van der Waals surface area contributed by atoms with Gasteiger partial charge in [0.05, 0.1) is 5.56 Å². The summed E-state index contributed by atoms with van der Waals surface area (Å²) in [5, 5.41) is 9.01. The predicted molar refractivity (Wildman–Crippen MR) is 72.1 cm³/mol. The smallest absolute Gasteiger partial charge is 0.335 e. The van der Waals surface area contributed by atoms with Gasteiger partial charge in [-0.2, -0.15) is 0 Å². The first kappa shape index (κ1) is 13.4. The molecule has 1 heterocycles. The second-order valence-electron chi connectivity index (χ2n) is 3.92. The Kier molecular flexibility index (Phi) is 4.02. The fourth-order valence-electron chi connectivity index (χ4n) is 1.56. The van der Waals surface area contributed by atoms with E-state index in [-0.39, 0.29) is 16.6 Å². The van der Waals surface area contributed by atoms with Gasteiger partial charge in [0.2, 0.25) is 5.88 Å². The second kappa shape index (κ2) is 5.71. The van der Waals surface area contributed by atoms with Crippen molar-refractivity contribution in [2.45, 2.75) is 13.3 Å². The van der Waals surface area contributed by atoms with Gasteiger partial charge in [-0.25, -0.2) is 9.78 Å². The molecule has 19 heavy (non-hydrogen) atoms. The van der Waals surface area contributed by atoms with Crippen LogP contribution in [0, 0.1) is 0 Å². The Morgan fingerprint density at radius 3 is 2.58 bits per heavy atom. The van der Waals surface area contributed by atoms with Crippen molar-refractivity contribution in [3.05, 3.63) is 52.7 Å². The van der Waals surface area contributed by atoms with Crippen LogP contribution in [0.3, 0.4) is 0 Å². The van der Waals surface area contributed by atoms with E-state index in [0.717, 1.165) is 6.42 Å². The van der Waals surface area contributed by atoms with Crippen molar-refractivity contribution in [1.82, 2.24) is 4.98 Å². The van der Waals surface area contributed by atoms with Gasteiger partial charge in [-0.05, 0) is 30.2 Å². The van der Waals surface area contributed by atoms with E-state index in [4.69, 9.17) is 21.4 Å². The Hall–Kier alpha value is -2.07. The number of rotatable bonds is 4. The van der Waals surface area contributed by atoms with E-state index in [0.29, 0.717) is 5.75 Å². The Labute approximate surface area is 115 Å². The fourth-order valence-corrected chi connectivity index (χ4v) is 1.76. The number of nitrogens with zero attached hydrogens (tertiary/aromatic N) is 1. The lowest BCUT2D eigenvalue weighted by molar-refractivity contribution is 0.0696. The number of carbonyl (C=O) groups is 1. The van der Waals surface area contributed by atoms with Gasteiger partial charge in [-0.3, -0.25) is 0 Å². The first-order chi connectivity index (χ1) is 9.08. The average molecular weight is 278 g/mol. The highest BCUT2D eigenvalue weighted by Crippen LogP contribution is 2.23. The standard InChI is InChI=1S/C14H12ClNO3/c1-2-9-3-5-11(6-4-9)19-13-8-10(14(17)18)7-12(15)16-13/h3-8H,2H2,1H3,(H,17,18). The van der Waals surface area contributed by atoms with Crippen LogP contribution in [0.2, 0.25) is 5.15 Å². The van der Waals surface area contributed by atoms with Crippen molar-refractivity contribution in [2.24, 2.45) is 0 Å². The number of carboxylic acid groups (broad SMARTS) is 1. The SMILES string of the molecule is CCc1ccc(Oc2cc(C(=O)O)cc(Cl)n2)cc1. The zero-order valence-electron chi connectivity index (χ0n) is 10.3. The molecule has 0 radical (unpaired) electrons. The maximum Gasteiger partial charge on any atom is 0.335 e. The molecule has 0 saturated heterocycles. The van der Waals surface area contributed by atoms with Crippen LogP contribution < -0.4 is 4.74 Å². The van der Waals surface area contributed by atoms with Gasteiger partial charge in [0.1, 0.15) is 10.9 Å². The number of aromatic nitrogens is 1. The summed E-state index contributed by atoms with van der Waals surface area (Å²) < 4.78 is 5.49. The molecular weight excluding hydrogens is 266 g/mol. The van der Waals surface area contributed by atoms with Gasteiger partial charge in [0.15, 0.2) is 0 Å². The van der Waals surface area contributed by atoms with Crippen molar-refractivity contribution in [1.29, 1.82) is 0 Å². The lowest BCUT2D eigenvalue weighted by Crippen LogP contribution is -1.98. The molecule has 0 amide bonds. The number of hydrogen-bond donors (Lipinski definition) is 1. The molecule has 0 unspecified atom stereocenters. The summed E-state index contributed by atoms with van der Waals surface area (Å²) in [5.74, 6) is -0.326. The third-order valence-electron chi connectivity index (χ3n) is 2.57. The van der Waals surface area contributed by atoms with Crippen LogP contribution in [-0.2, 0) is 6.42 Å². The summed E-state index contributed by atoms with van der Waals surface area (Å²) in [6.45, 7) is 2.06. The molecule has 2 aromatic rings. The lowest BCUT2D eigenvalue weighted by Gasteiger charge is -2.06. The minimum atomic E-state index is -1.07. The van der Waals surface area contributed by atoms with E-state index in [1.54, 1.807) is 0 Å². The maximum absolute atomic E-state index is 10.9. The Balaban J connectivity index is 2.24. The highest BCUT2D eigenvalue weighted by atomic mass is 35.5. The lowest BCUT2D eigenvalue weighted by atomic mass is 10.2. The highest BCUT2D eigenvalue weighted by molar-refractivity contribution is 6.29. The van der Waals surface area contributed by atoms with E-state index in [1.165, 1.54) is 17.7 Å². The molecule has 0 spiro atoms. The maximum atomic E-state index is 10.9. The third-order valence-corrected chi connectivity index (χ3v) is 2.77. The molecule has 0 aliphatic carbocycles. The molecular formula is C14H12ClNO3. The molecule has 1 N–H and O–H groups in total. The van der Waals surface area contributed by atoms with Crippen LogP contribution in [0.4, 0.5) is 0 Å². The number of halogens is 1. The van der Waals surface area contributed by atoms with Crippen molar-refractivity contribution >= 4 is 17.6 Å². The van der Waals surface area contributed by atoms with Crippen molar-refractivity contribution < 1.29 is 14.6 Å². The largest absolute Gasteiger partial charge is 0.478 e. The summed E-state index contributed by atoms with van der Waals surface area (Å²) in [6.07, 6.45) is 0.943. The molecule has 4 nitrogen and oxygen atoms in total. The third kappa shape index (κ3) is 3.45. The fraction of sp³-hybridized carbons (Fsp3) is 0.143. The minimum absolute atomic E-state index is 0.0418. The van der Waals surface area contributed by atoms with Gasteiger partial charge in [-0.1, -0.05) is 30.7 Å². The first-order valence-electron chi connectivity index (χ1n) is 5.76. The summed E-state index contributed by atoms with van der Waals surface area (Å²) in [7, 11) is 0. The molecule has 0 fully saturated rings. The number of carboxylic acids is 1. The molecule has 98 valence electrons. The number of benzene rings is 1. The predicted octanol–water partition coefficient (Wildman–Crippen LogP) is 3.79. The van der Waals surface area contributed by atoms with Crippen molar-refractivity contribution in [3.8, 4) is 11.6 Å². The molecule has 1 aromatic heterocycles. The Bertz CT molecular complexity index is 596. The number of ether oxygens (including phenoxy) is 1. The molecule has 0 atom stereocenters. The molecule has 2 rings (SSSR count). The zero-order valence-corrected chi connectivity index (χ0v) is 11.0. The van der Waals surface area contributed by atoms with E-state index in [2.05, 4.69) is 11.9 Å². The average Bonchev–Trinajstić information content (AvgIpc) is 2.39. The molecule has 0 aliphatic rings. The Morgan fingerprint density at radius 2 is 2.00 bits per heavy atom. The summed E-state index contributed by atoms with van der Waals surface area (Å²) in [5.41, 5.74) is 1.23. The molecule has 5 heteroatoms. The van der Waals surface area contributed by atoms with Crippen LogP contribution in [0.1, 0.15) is 22.8 Å². The Morgan fingerprint density at radius 1 is 1.32 bits per heavy atom. The van der Waals surface area contributed by atoms with Gasteiger partial charge in [0.25, 0.3) is 0 Å². The topological polar surface area (TPSA) is 59.4 Å². The number of hydrogen-bond acceptors (Lipinski definition) is 3. The van der Waals surface area contributed by atoms with Crippen LogP contribution >= 0.6 is 11.6 Å². The van der Waals surface area contributed by atoms with E-state index in [1.807, 2.05) is 24.3 Å². The van der Waals surface area contributed by atoms with Gasteiger partial charge in [0, 0.05) is 6.07 Å². The zero-order chi connectivity index (χ0) is 13.8. The van der Waals surface area contributed by atoms with E-state index in [9.17, 15) is 4.79 Å². The normalized spacial score (nSPS) is 10.2. The van der Waals surface area contributed by atoms with E-state index >= 15 is 0 Å². The quantitative estimate of drug-likeness (QED) is 0.864.